The summed E-state index contributed by atoms with van der Waals surface area (Å²) in [5.41, 5.74) is 0. The summed E-state index contributed by atoms with van der Waals surface area (Å²) in [6, 6.07) is 0.689. The van der Waals surface area contributed by atoms with Crippen molar-refractivity contribution >= 4 is 0 Å². The van der Waals surface area contributed by atoms with Crippen molar-refractivity contribution in [2.45, 2.75) is 59.9 Å². The summed E-state index contributed by atoms with van der Waals surface area (Å²) in [6.45, 7) is 10.8. The first-order valence-electron chi connectivity index (χ1n) is 5.38. The third kappa shape index (κ3) is 9.96. The van der Waals surface area contributed by atoms with Crippen molar-refractivity contribution in [3.05, 3.63) is 0 Å². The van der Waals surface area contributed by atoms with Gasteiger partial charge in [0.05, 0.1) is 0 Å². The van der Waals surface area contributed by atoms with Gasteiger partial charge in [0.25, 0.3) is 0 Å². The normalized spacial score (nSPS) is 14.5. The Morgan fingerprint density at radius 2 is 1.58 bits per heavy atom. The molecule has 0 aromatic carbocycles. The highest BCUT2D eigenvalue weighted by molar-refractivity contribution is 4.59. The smallest absolute Gasteiger partial charge is 0.00358 e. The number of hydrogen-bond acceptors (Lipinski definition) is 1. The largest absolute Gasteiger partial charge is 0.317 e. The van der Waals surface area contributed by atoms with Gasteiger partial charge in [-0.25, -0.2) is 0 Å². The zero-order chi connectivity index (χ0) is 9.98. The summed E-state index contributed by atoms with van der Waals surface area (Å²) in [7, 11) is 2.03. The fourth-order valence-corrected chi connectivity index (χ4v) is 0.883. The van der Waals surface area contributed by atoms with Crippen LogP contribution < -0.4 is 5.32 Å². The van der Waals surface area contributed by atoms with Crippen LogP contribution in [0.4, 0.5) is 0 Å². The van der Waals surface area contributed by atoms with Crippen molar-refractivity contribution < 1.29 is 0 Å². The fraction of sp³-hybridized carbons (Fsp3) is 1.00. The highest BCUT2D eigenvalue weighted by Crippen LogP contribution is 2.10. The maximum Gasteiger partial charge on any atom is 0.00358 e. The Balaban J connectivity index is 0. The van der Waals surface area contributed by atoms with E-state index >= 15 is 0 Å². The van der Waals surface area contributed by atoms with Gasteiger partial charge < -0.3 is 5.32 Å². The zero-order valence-electron chi connectivity index (χ0n) is 9.78. The lowest BCUT2D eigenvalue weighted by Gasteiger charge is -2.12. The van der Waals surface area contributed by atoms with E-state index < -0.39 is 0 Å². The monoisotopic (exact) mass is 173 g/mol. The van der Waals surface area contributed by atoms with E-state index in [1.54, 1.807) is 0 Å². The van der Waals surface area contributed by atoms with Gasteiger partial charge in [-0.2, -0.15) is 0 Å². The molecule has 76 valence electrons. The predicted octanol–water partition coefficient (Wildman–Crippen LogP) is 3.45. The molecule has 0 spiro atoms. The average Bonchev–Trinajstić information content (AvgIpc) is 2.16. The van der Waals surface area contributed by atoms with Crippen LogP contribution in [-0.2, 0) is 0 Å². The second-order valence-corrected chi connectivity index (χ2v) is 3.28. The summed E-state index contributed by atoms with van der Waals surface area (Å²) in [5, 5.41) is 3.24. The molecule has 2 atom stereocenters. The van der Waals surface area contributed by atoms with Crippen molar-refractivity contribution in [1.82, 2.24) is 5.32 Å². The third-order valence-corrected chi connectivity index (χ3v) is 2.28. The molecule has 0 aliphatic rings. The Morgan fingerprint density at radius 1 is 1.08 bits per heavy atom. The van der Waals surface area contributed by atoms with Crippen LogP contribution in [-0.4, -0.2) is 13.1 Å². The first-order chi connectivity index (χ1) is 5.70. The van der Waals surface area contributed by atoms with E-state index in [0.717, 1.165) is 5.92 Å². The first-order valence-corrected chi connectivity index (χ1v) is 5.38. The molecule has 0 saturated heterocycles. The third-order valence-electron chi connectivity index (χ3n) is 2.28. The number of hydrogen-bond donors (Lipinski definition) is 1. The van der Waals surface area contributed by atoms with Crippen LogP contribution in [0.2, 0.25) is 0 Å². The molecule has 0 aliphatic carbocycles. The van der Waals surface area contributed by atoms with Crippen molar-refractivity contribution in [2.75, 3.05) is 7.05 Å². The van der Waals surface area contributed by atoms with E-state index in [-0.39, 0.29) is 0 Å². The van der Waals surface area contributed by atoms with Gasteiger partial charge in [-0.3, -0.25) is 0 Å². The second-order valence-electron chi connectivity index (χ2n) is 3.28. The lowest BCUT2D eigenvalue weighted by Crippen LogP contribution is -2.21. The maximum absolute atomic E-state index is 3.24. The van der Waals surface area contributed by atoms with Crippen molar-refractivity contribution in [3.8, 4) is 0 Å². The molecule has 2 unspecified atom stereocenters. The molecule has 0 amide bonds. The second kappa shape index (κ2) is 11.0. The van der Waals surface area contributed by atoms with Gasteiger partial charge in [-0.05, 0) is 32.7 Å². The molecule has 0 radical (unpaired) electrons. The molecule has 0 saturated carbocycles. The molecular weight excluding hydrogens is 146 g/mol. The topological polar surface area (TPSA) is 12.0 Å². The molecule has 1 nitrogen and oxygen atoms in total. The van der Waals surface area contributed by atoms with Crippen LogP contribution in [0.5, 0.6) is 0 Å². The Bertz CT molecular complexity index is 61.4. The van der Waals surface area contributed by atoms with Crippen LogP contribution in [0.25, 0.3) is 0 Å². The number of nitrogens with one attached hydrogen (secondary N) is 1. The van der Waals surface area contributed by atoms with E-state index in [2.05, 4.69) is 26.1 Å². The van der Waals surface area contributed by atoms with E-state index in [4.69, 9.17) is 0 Å². The minimum absolute atomic E-state index is 0.689. The highest BCUT2D eigenvalue weighted by atomic mass is 14.8. The van der Waals surface area contributed by atoms with E-state index in [1.165, 1.54) is 19.3 Å². The lowest BCUT2D eigenvalue weighted by molar-refractivity contribution is 0.443. The maximum atomic E-state index is 3.24. The van der Waals surface area contributed by atoms with Crippen LogP contribution in [0, 0.1) is 5.92 Å². The summed E-state index contributed by atoms with van der Waals surface area (Å²) < 4.78 is 0. The summed E-state index contributed by atoms with van der Waals surface area (Å²) in [4.78, 5) is 0. The molecule has 0 fully saturated rings. The molecule has 1 heteroatoms. The minimum atomic E-state index is 0.689. The van der Waals surface area contributed by atoms with Crippen LogP contribution in [0.3, 0.4) is 0 Å². The van der Waals surface area contributed by atoms with Gasteiger partial charge in [0, 0.05) is 6.04 Å². The number of rotatable bonds is 5. The molecule has 12 heavy (non-hydrogen) atoms. The lowest BCUT2D eigenvalue weighted by atomic mass is 10.0. The van der Waals surface area contributed by atoms with E-state index in [0.29, 0.717) is 6.04 Å². The predicted molar refractivity (Wildman–Crippen MR) is 58.6 cm³/mol. The quantitative estimate of drug-likeness (QED) is 0.671. The van der Waals surface area contributed by atoms with Crippen molar-refractivity contribution in [2.24, 2.45) is 5.92 Å². The van der Waals surface area contributed by atoms with Crippen LogP contribution >= 0.6 is 0 Å². The molecule has 0 aromatic heterocycles. The standard InChI is InChI=1S/C9H21N.C2H6/c1-5-8(2)6-7-9(3)10-4;1-2/h8-10H,5-7H2,1-4H3;1-2H3. The summed E-state index contributed by atoms with van der Waals surface area (Å²) in [5.74, 6) is 0.899. The van der Waals surface area contributed by atoms with Crippen LogP contribution in [0.15, 0.2) is 0 Å². The Kier molecular flexibility index (Phi) is 13.2. The highest BCUT2D eigenvalue weighted by Gasteiger charge is 2.01. The molecular formula is C11H27N. The summed E-state index contributed by atoms with van der Waals surface area (Å²) in [6.07, 6.45) is 3.99. The Hall–Kier alpha value is -0.0400. The summed E-state index contributed by atoms with van der Waals surface area (Å²) >= 11 is 0. The van der Waals surface area contributed by atoms with E-state index in [1.807, 2.05) is 20.9 Å². The molecule has 0 aliphatic heterocycles. The molecule has 1 N–H and O–H groups in total. The minimum Gasteiger partial charge on any atom is -0.317 e. The Morgan fingerprint density at radius 3 is 1.92 bits per heavy atom. The molecule has 0 aromatic rings. The SMILES string of the molecule is CC.CCC(C)CCC(C)NC. The van der Waals surface area contributed by atoms with Gasteiger partial charge in [0.15, 0.2) is 0 Å². The zero-order valence-corrected chi connectivity index (χ0v) is 9.78. The molecule has 0 bridgehead atoms. The van der Waals surface area contributed by atoms with Crippen molar-refractivity contribution in [1.29, 1.82) is 0 Å². The van der Waals surface area contributed by atoms with Crippen molar-refractivity contribution in [3.63, 3.8) is 0 Å². The average molecular weight is 173 g/mol. The van der Waals surface area contributed by atoms with Gasteiger partial charge in [-0.1, -0.05) is 34.1 Å². The Labute approximate surface area is 78.9 Å². The van der Waals surface area contributed by atoms with Crippen LogP contribution in [0.1, 0.15) is 53.9 Å². The van der Waals surface area contributed by atoms with Gasteiger partial charge in [-0.15, -0.1) is 0 Å². The first kappa shape index (κ1) is 14.5. The fourth-order valence-electron chi connectivity index (χ4n) is 0.883. The van der Waals surface area contributed by atoms with Gasteiger partial charge >= 0.3 is 0 Å². The molecule has 0 heterocycles. The van der Waals surface area contributed by atoms with Gasteiger partial charge in [0.2, 0.25) is 0 Å². The van der Waals surface area contributed by atoms with Gasteiger partial charge in [0.1, 0.15) is 0 Å². The van der Waals surface area contributed by atoms with E-state index in [9.17, 15) is 0 Å². The molecule has 0 rings (SSSR count).